The van der Waals surface area contributed by atoms with Crippen LogP contribution in [-0.2, 0) is 20.0 Å². The first kappa shape index (κ1) is 37.2. The zero-order chi connectivity index (χ0) is 36.6. The van der Waals surface area contributed by atoms with Gasteiger partial charge in [0.05, 0.1) is 24.7 Å². The number of aromatic nitrogens is 3. The molecule has 21 heteroatoms. The van der Waals surface area contributed by atoms with E-state index >= 15 is 0 Å². The van der Waals surface area contributed by atoms with Crippen LogP contribution in [0.25, 0.3) is 0 Å². The number of methoxy groups -OCH3 is 2. The average molecular weight is 748 g/mol. The number of benzene rings is 2. The average Bonchev–Trinajstić information content (AvgIpc) is 3.72. The van der Waals surface area contributed by atoms with Crippen molar-refractivity contribution in [2.45, 2.75) is 35.6 Å². The fourth-order valence-corrected chi connectivity index (χ4v) is 7.06. The van der Waals surface area contributed by atoms with Crippen LogP contribution in [0.3, 0.4) is 0 Å². The van der Waals surface area contributed by atoms with Crippen LogP contribution in [-0.4, -0.2) is 81.0 Å². The smallest absolute Gasteiger partial charge is 0.347 e. The molecule has 5 N–H and O–H groups in total. The summed E-state index contributed by atoms with van der Waals surface area (Å²) in [5, 5.41) is 15.2. The van der Waals surface area contributed by atoms with E-state index < -0.39 is 47.7 Å². The lowest BCUT2D eigenvalue weighted by molar-refractivity contribution is 0.0697. The van der Waals surface area contributed by atoms with E-state index in [1.54, 1.807) is 22.9 Å². The van der Waals surface area contributed by atoms with Gasteiger partial charge in [0.1, 0.15) is 21.3 Å². The molecular weight excluding hydrogens is 719 g/mol. The van der Waals surface area contributed by atoms with Gasteiger partial charge in [0.2, 0.25) is 5.95 Å². The van der Waals surface area contributed by atoms with Gasteiger partial charge in [-0.25, -0.2) is 35.9 Å². The number of rotatable bonds is 11. The molecular formula is C29H29N7O11S3. The van der Waals surface area contributed by atoms with Crippen LogP contribution >= 0.6 is 11.3 Å². The first-order valence-corrected chi connectivity index (χ1v) is 18.0. The molecule has 4 amide bonds. The Hall–Kier alpha value is -5.67. The molecule has 1 saturated carbocycles. The van der Waals surface area contributed by atoms with Gasteiger partial charge < -0.3 is 19.9 Å². The SMILES string of the molecule is COc1ccccc1C(=O)NS(=O)(=O)c1ccc(C(=O)NC2CC2)cc1.COc1nc(C)nc(NC(=O)NS(=O)(=O)c2ccsc2C(=O)O)n1. The van der Waals surface area contributed by atoms with Gasteiger partial charge in [-0.3, -0.25) is 14.9 Å². The van der Waals surface area contributed by atoms with Gasteiger partial charge in [-0.15, -0.1) is 11.3 Å². The van der Waals surface area contributed by atoms with Crippen molar-refractivity contribution in [1.29, 1.82) is 0 Å². The third-order valence-electron chi connectivity index (χ3n) is 6.39. The monoisotopic (exact) mass is 747 g/mol. The maximum absolute atomic E-state index is 12.4. The lowest BCUT2D eigenvalue weighted by atomic mass is 10.2. The Morgan fingerprint density at radius 1 is 0.840 bits per heavy atom. The second-order valence-electron chi connectivity index (χ2n) is 10.1. The molecule has 2 heterocycles. The van der Waals surface area contributed by atoms with Crippen LogP contribution in [0.5, 0.6) is 11.8 Å². The molecule has 0 radical (unpaired) electrons. The molecule has 5 rings (SSSR count). The molecule has 18 nitrogen and oxygen atoms in total. The van der Waals surface area contributed by atoms with Gasteiger partial charge in [-0.2, -0.15) is 15.0 Å². The van der Waals surface area contributed by atoms with Crippen LogP contribution in [0.4, 0.5) is 10.7 Å². The summed E-state index contributed by atoms with van der Waals surface area (Å²) in [6.45, 7) is 1.52. The quantitative estimate of drug-likeness (QED) is 0.147. The minimum absolute atomic E-state index is 0.0633. The number of aromatic carboxylic acids is 1. The molecule has 1 aliphatic carbocycles. The molecule has 0 aliphatic heterocycles. The third-order valence-corrected chi connectivity index (χ3v) is 10.1. The number of thiophene rings is 1. The molecule has 0 unspecified atom stereocenters. The molecule has 0 bridgehead atoms. The van der Waals surface area contributed by atoms with Gasteiger partial charge in [0.15, 0.2) is 0 Å². The van der Waals surface area contributed by atoms with Crippen molar-refractivity contribution in [2.24, 2.45) is 0 Å². The number of aryl methyl sites for hydroxylation is 1. The van der Waals surface area contributed by atoms with Crippen LogP contribution in [0.2, 0.25) is 0 Å². The lowest BCUT2D eigenvalue weighted by Gasteiger charge is -2.10. The maximum Gasteiger partial charge on any atom is 0.347 e. The molecule has 50 heavy (non-hydrogen) atoms. The summed E-state index contributed by atoms with van der Waals surface area (Å²) in [7, 11) is -5.74. The number of carbonyl (C=O) groups is 4. The Balaban J connectivity index is 0.000000226. The summed E-state index contributed by atoms with van der Waals surface area (Å²) in [6, 6.07) is 11.8. The summed E-state index contributed by atoms with van der Waals surface area (Å²) in [6.07, 6.45) is 1.93. The zero-order valence-electron chi connectivity index (χ0n) is 26.4. The maximum atomic E-state index is 12.4. The predicted octanol–water partition coefficient (Wildman–Crippen LogP) is 2.16. The summed E-state index contributed by atoms with van der Waals surface area (Å²) in [4.78, 5) is 57.4. The molecule has 0 spiro atoms. The number of para-hydroxylation sites is 1. The number of hydrogen-bond acceptors (Lipinski definition) is 14. The van der Waals surface area contributed by atoms with Gasteiger partial charge in [-0.1, -0.05) is 12.1 Å². The van der Waals surface area contributed by atoms with Crippen molar-refractivity contribution in [1.82, 2.24) is 29.7 Å². The van der Waals surface area contributed by atoms with Crippen molar-refractivity contribution in [3.8, 4) is 11.8 Å². The van der Waals surface area contributed by atoms with Crippen LogP contribution in [0, 0.1) is 6.92 Å². The Morgan fingerprint density at radius 3 is 2.14 bits per heavy atom. The first-order valence-electron chi connectivity index (χ1n) is 14.2. The molecule has 2 aromatic heterocycles. The highest BCUT2D eigenvalue weighted by atomic mass is 32.2. The highest BCUT2D eigenvalue weighted by Gasteiger charge is 2.27. The van der Waals surface area contributed by atoms with Crippen molar-refractivity contribution < 1.29 is 50.6 Å². The largest absolute Gasteiger partial charge is 0.496 e. The van der Waals surface area contributed by atoms with Crippen LogP contribution < -0.4 is 29.6 Å². The fourth-order valence-electron chi connectivity index (χ4n) is 3.92. The molecule has 0 atom stereocenters. The Morgan fingerprint density at radius 2 is 1.52 bits per heavy atom. The van der Waals surface area contributed by atoms with E-state index in [9.17, 15) is 36.0 Å². The van der Waals surface area contributed by atoms with Gasteiger partial charge in [0, 0.05) is 11.6 Å². The van der Waals surface area contributed by atoms with Crippen molar-refractivity contribution in [2.75, 3.05) is 19.5 Å². The standard InChI is InChI=1S/C18H18N2O5S.C11H11N5O6S2/c1-25-16-5-3-2-4-15(16)18(22)20-26(23,24)14-10-6-12(7-11-14)17(21)19-13-8-9-13;1-5-12-9(15-11(13-5)22-2)14-10(19)16-24(20,21)6-3-4-23-7(6)8(17)18/h2-7,10-11,13H,8-9H2,1H3,(H,19,21)(H,20,22);3-4H,1-2H3,(H,17,18)(H2,12,13,14,15,16,19). The van der Waals surface area contributed by atoms with Crippen LogP contribution in [0.15, 0.2) is 69.8 Å². The molecule has 0 saturated heterocycles. The number of carboxylic acid groups (broad SMARTS) is 1. The minimum Gasteiger partial charge on any atom is -0.496 e. The summed E-state index contributed by atoms with van der Waals surface area (Å²) in [5.41, 5.74) is 0.478. The Labute approximate surface area is 289 Å². The van der Waals surface area contributed by atoms with Crippen molar-refractivity contribution in [3.63, 3.8) is 0 Å². The van der Waals surface area contributed by atoms with Crippen molar-refractivity contribution >= 4 is 61.1 Å². The zero-order valence-corrected chi connectivity index (χ0v) is 28.8. The highest BCUT2D eigenvalue weighted by Crippen LogP contribution is 2.22. The van der Waals surface area contributed by atoms with Crippen LogP contribution in [0.1, 0.15) is 49.1 Å². The minimum atomic E-state index is -4.37. The Kier molecular flexibility index (Phi) is 11.7. The number of urea groups is 1. The van der Waals surface area contributed by atoms with E-state index in [0.717, 1.165) is 30.2 Å². The van der Waals surface area contributed by atoms with Gasteiger partial charge >= 0.3 is 18.0 Å². The predicted molar refractivity (Wildman–Crippen MR) is 176 cm³/mol. The number of anilines is 1. The fraction of sp³-hybridized carbons (Fsp3) is 0.207. The molecule has 4 aromatic rings. The number of amides is 4. The van der Waals surface area contributed by atoms with E-state index in [1.165, 1.54) is 56.9 Å². The van der Waals surface area contributed by atoms with Gasteiger partial charge in [-0.05, 0) is 67.6 Å². The number of sulfonamides is 2. The van der Waals surface area contributed by atoms with E-state index in [-0.39, 0.29) is 45.9 Å². The first-order chi connectivity index (χ1) is 23.6. The van der Waals surface area contributed by atoms with E-state index in [1.807, 2.05) is 4.72 Å². The number of carboxylic acids is 1. The summed E-state index contributed by atoms with van der Waals surface area (Å²) in [5.74, 6) is -2.16. The second kappa shape index (κ2) is 15.7. The Bertz CT molecular complexity index is 2140. The number of hydrogen-bond donors (Lipinski definition) is 5. The number of ether oxygens (including phenoxy) is 2. The van der Waals surface area contributed by atoms with E-state index in [4.69, 9.17) is 14.6 Å². The molecule has 1 aliphatic rings. The lowest BCUT2D eigenvalue weighted by Crippen LogP contribution is -2.35. The molecule has 2 aromatic carbocycles. The van der Waals surface area contributed by atoms with E-state index in [0.29, 0.717) is 5.56 Å². The number of carbonyl (C=O) groups excluding carboxylic acids is 3. The normalized spacial score (nSPS) is 12.4. The molecule has 264 valence electrons. The number of nitrogens with one attached hydrogen (secondary N) is 4. The third kappa shape index (κ3) is 9.70. The second-order valence-corrected chi connectivity index (χ2v) is 14.3. The topological polar surface area (TPSA) is 262 Å². The van der Waals surface area contributed by atoms with Crippen molar-refractivity contribution in [3.05, 3.63) is 81.8 Å². The van der Waals surface area contributed by atoms with E-state index in [2.05, 4.69) is 25.6 Å². The summed E-state index contributed by atoms with van der Waals surface area (Å²) < 4.78 is 62.6. The highest BCUT2D eigenvalue weighted by molar-refractivity contribution is 7.90. The molecule has 1 fully saturated rings. The summed E-state index contributed by atoms with van der Waals surface area (Å²) >= 11 is 0.723. The van der Waals surface area contributed by atoms with Gasteiger partial charge in [0.25, 0.3) is 31.9 Å². The number of nitrogens with zero attached hydrogens (tertiary/aromatic N) is 3.